The Bertz CT molecular complexity index is 618. The Morgan fingerprint density at radius 1 is 1.16 bits per heavy atom. The van der Waals surface area contributed by atoms with Gasteiger partial charge in [-0.3, -0.25) is 4.79 Å². The molecule has 2 aromatic carbocycles. The Labute approximate surface area is 121 Å². The molecular weight excluding hydrogens is 300 g/mol. The minimum Gasteiger partial charge on any atom is -0.294 e. The van der Waals surface area contributed by atoms with Crippen molar-refractivity contribution in [1.82, 2.24) is 0 Å². The summed E-state index contributed by atoms with van der Waals surface area (Å²) in [5, 5.41) is 0. The second-order valence-electron chi connectivity index (χ2n) is 5.21. The van der Waals surface area contributed by atoms with Gasteiger partial charge in [-0.1, -0.05) is 52.3 Å². The third-order valence-corrected chi connectivity index (χ3v) is 4.40. The molecule has 0 radical (unpaired) electrons. The van der Waals surface area contributed by atoms with Gasteiger partial charge in [0.1, 0.15) is 0 Å². The Morgan fingerprint density at radius 3 is 2.58 bits per heavy atom. The van der Waals surface area contributed by atoms with Gasteiger partial charge in [0.25, 0.3) is 0 Å². The molecule has 0 spiro atoms. The molecule has 1 fully saturated rings. The molecule has 0 bridgehead atoms. The van der Waals surface area contributed by atoms with Crippen molar-refractivity contribution in [2.75, 3.05) is 0 Å². The molecule has 1 aliphatic rings. The van der Waals surface area contributed by atoms with E-state index in [1.807, 2.05) is 43.3 Å². The monoisotopic (exact) mass is 314 g/mol. The van der Waals surface area contributed by atoms with Crippen molar-refractivity contribution in [3.8, 4) is 0 Å². The van der Waals surface area contributed by atoms with Crippen LogP contribution in [0.5, 0.6) is 0 Å². The van der Waals surface area contributed by atoms with E-state index in [2.05, 4.69) is 28.1 Å². The maximum atomic E-state index is 12.5. The van der Waals surface area contributed by atoms with Crippen LogP contribution in [0.25, 0.3) is 0 Å². The SMILES string of the molecule is Cc1ccc(C(=O)C2CC2c2ccccc2)c(Br)c1. The molecule has 2 atom stereocenters. The minimum absolute atomic E-state index is 0.154. The van der Waals surface area contributed by atoms with Crippen molar-refractivity contribution >= 4 is 21.7 Å². The zero-order valence-corrected chi connectivity index (χ0v) is 12.4. The highest BCUT2D eigenvalue weighted by Gasteiger charge is 2.44. The van der Waals surface area contributed by atoms with E-state index in [1.54, 1.807) is 0 Å². The summed E-state index contributed by atoms with van der Waals surface area (Å²) in [6.07, 6.45) is 0.975. The number of carbonyl (C=O) groups is 1. The fourth-order valence-electron chi connectivity index (χ4n) is 2.57. The normalized spacial score (nSPS) is 21.2. The van der Waals surface area contributed by atoms with E-state index in [0.717, 1.165) is 16.5 Å². The zero-order chi connectivity index (χ0) is 13.4. The third kappa shape index (κ3) is 2.50. The first-order valence-corrected chi connectivity index (χ1v) is 7.31. The van der Waals surface area contributed by atoms with Gasteiger partial charge in [-0.05, 0) is 42.5 Å². The van der Waals surface area contributed by atoms with Crippen molar-refractivity contribution in [1.29, 1.82) is 0 Å². The van der Waals surface area contributed by atoms with E-state index in [9.17, 15) is 4.79 Å². The highest BCUT2D eigenvalue weighted by molar-refractivity contribution is 9.10. The lowest BCUT2D eigenvalue weighted by molar-refractivity contribution is 0.0964. The van der Waals surface area contributed by atoms with E-state index in [4.69, 9.17) is 0 Å². The van der Waals surface area contributed by atoms with Crippen LogP contribution in [0.1, 0.15) is 33.8 Å². The van der Waals surface area contributed by atoms with Gasteiger partial charge in [-0.15, -0.1) is 0 Å². The zero-order valence-electron chi connectivity index (χ0n) is 10.8. The van der Waals surface area contributed by atoms with Crippen LogP contribution in [0, 0.1) is 12.8 Å². The summed E-state index contributed by atoms with van der Waals surface area (Å²) in [6.45, 7) is 2.03. The number of ketones is 1. The van der Waals surface area contributed by atoms with Crippen molar-refractivity contribution in [2.24, 2.45) is 5.92 Å². The number of aryl methyl sites for hydroxylation is 1. The molecule has 1 nitrogen and oxygen atoms in total. The van der Waals surface area contributed by atoms with Crippen LogP contribution in [-0.4, -0.2) is 5.78 Å². The Kier molecular flexibility index (Phi) is 3.28. The summed E-state index contributed by atoms with van der Waals surface area (Å²) in [4.78, 5) is 12.5. The van der Waals surface area contributed by atoms with Crippen molar-refractivity contribution < 1.29 is 4.79 Å². The lowest BCUT2D eigenvalue weighted by Crippen LogP contribution is -2.04. The van der Waals surface area contributed by atoms with Gasteiger partial charge in [0.15, 0.2) is 5.78 Å². The average molecular weight is 315 g/mol. The standard InChI is InChI=1S/C17H15BrO/c1-11-7-8-13(16(18)9-11)17(19)15-10-14(15)12-5-3-2-4-6-12/h2-9,14-15H,10H2,1H3. The Morgan fingerprint density at radius 2 is 1.89 bits per heavy atom. The molecule has 3 rings (SSSR count). The highest BCUT2D eigenvalue weighted by atomic mass is 79.9. The van der Waals surface area contributed by atoms with E-state index in [0.29, 0.717) is 5.92 Å². The summed E-state index contributed by atoms with van der Waals surface area (Å²) in [5.74, 6) is 0.823. The van der Waals surface area contributed by atoms with Crippen LogP contribution < -0.4 is 0 Å². The van der Waals surface area contributed by atoms with E-state index in [1.165, 1.54) is 11.1 Å². The van der Waals surface area contributed by atoms with Gasteiger partial charge in [0, 0.05) is 16.0 Å². The minimum atomic E-state index is 0.154. The molecule has 0 aromatic heterocycles. The maximum Gasteiger partial charge on any atom is 0.167 e. The fraction of sp³-hybridized carbons (Fsp3) is 0.235. The summed E-state index contributed by atoms with van der Waals surface area (Å²) in [6, 6.07) is 16.3. The first-order valence-electron chi connectivity index (χ1n) is 6.52. The molecule has 0 amide bonds. The van der Waals surface area contributed by atoms with Crippen molar-refractivity contribution in [3.63, 3.8) is 0 Å². The molecule has 0 N–H and O–H groups in total. The second kappa shape index (κ2) is 4.93. The lowest BCUT2D eigenvalue weighted by atomic mass is 10.0. The average Bonchev–Trinajstić information content (AvgIpc) is 3.19. The molecule has 0 heterocycles. The molecule has 0 aliphatic heterocycles. The molecule has 1 aliphatic carbocycles. The summed E-state index contributed by atoms with van der Waals surface area (Å²) >= 11 is 3.50. The van der Waals surface area contributed by atoms with Gasteiger partial charge < -0.3 is 0 Å². The van der Waals surface area contributed by atoms with Gasteiger partial charge in [0.2, 0.25) is 0 Å². The summed E-state index contributed by atoms with van der Waals surface area (Å²) < 4.78 is 0.913. The van der Waals surface area contributed by atoms with Crippen LogP contribution >= 0.6 is 15.9 Å². The summed E-state index contributed by atoms with van der Waals surface area (Å²) in [5.41, 5.74) is 3.26. The van der Waals surface area contributed by atoms with Gasteiger partial charge in [0.05, 0.1) is 0 Å². The third-order valence-electron chi connectivity index (χ3n) is 3.74. The molecule has 1 saturated carbocycles. The largest absolute Gasteiger partial charge is 0.294 e. The fourth-order valence-corrected chi connectivity index (χ4v) is 3.26. The first-order chi connectivity index (χ1) is 9.16. The topological polar surface area (TPSA) is 17.1 Å². The molecule has 19 heavy (non-hydrogen) atoms. The maximum absolute atomic E-state index is 12.5. The van der Waals surface area contributed by atoms with Gasteiger partial charge in [-0.25, -0.2) is 0 Å². The van der Waals surface area contributed by atoms with Gasteiger partial charge in [-0.2, -0.15) is 0 Å². The number of benzene rings is 2. The van der Waals surface area contributed by atoms with Crippen molar-refractivity contribution in [3.05, 3.63) is 69.7 Å². The summed E-state index contributed by atoms with van der Waals surface area (Å²) in [7, 11) is 0. The van der Waals surface area contributed by atoms with Crippen LogP contribution in [0.2, 0.25) is 0 Å². The molecule has 2 heteroatoms. The van der Waals surface area contributed by atoms with Crippen molar-refractivity contribution in [2.45, 2.75) is 19.3 Å². The van der Waals surface area contributed by atoms with Crippen LogP contribution in [0.3, 0.4) is 0 Å². The number of rotatable bonds is 3. The molecule has 0 saturated heterocycles. The molecule has 2 aromatic rings. The van der Waals surface area contributed by atoms with E-state index < -0.39 is 0 Å². The number of hydrogen-bond acceptors (Lipinski definition) is 1. The van der Waals surface area contributed by atoms with E-state index in [-0.39, 0.29) is 11.7 Å². The lowest BCUT2D eigenvalue weighted by Gasteiger charge is -2.05. The number of carbonyl (C=O) groups excluding carboxylic acids is 1. The number of hydrogen-bond donors (Lipinski definition) is 0. The predicted octanol–water partition coefficient (Wildman–Crippen LogP) is 4.74. The molecule has 2 unspecified atom stereocenters. The molecular formula is C17H15BrO. The number of Topliss-reactive ketones (excluding diaryl/α,β-unsaturated/α-hetero) is 1. The highest BCUT2D eigenvalue weighted by Crippen LogP contribution is 2.49. The smallest absolute Gasteiger partial charge is 0.167 e. The predicted molar refractivity (Wildman–Crippen MR) is 80.5 cm³/mol. The van der Waals surface area contributed by atoms with Crippen LogP contribution in [0.15, 0.2) is 53.0 Å². The first kappa shape index (κ1) is 12.6. The van der Waals surface area contributed by atoms with Crippen LogP contribution in [0.4, 0.5) is 0 Å². The van der Waals surface area contributed by atoms with Gasteiger partial charge >= 0.3 is 0 Å². The second-order valence-corrected chi connectivity index (χ2v) is 6.06. The Balaban J connectivity index is 1.80. The Hall–Kier alpha value is -1.41. The van der Waals surface area contributed by atoms with Crippen LogP contribution in [-0.2, 0) is 0 Å². The quantitative estimate of drug-likeness (QED) is 0.748. The van der Waals surface area contributed by atoms with E-state index >= 15 is 0 Å². The number of halogens is 1. The molecule has 96 valence electrons.